The van der Waals surface area contributed by atoms with Gasteiger partial charge in [-0.3, -0.25) is 4.79 Å². The fourth-order valence-electron chi connectivity index (χ4n) is 2.21. The average Bonchev–Trinajstić information content (AvgIpc) is 2.16. The predicted molar refractivity (Wildman–Crippen MR) is 62.7 cm³/mol. The Bertz CT molecular complexity index is 236. The van der Waals surface area contributed by atoms with Crippen LogP contribution in [0.3, 0.4) is 0 Å². The van der Waals surface area contributed by atoms with Gasteiger partial charge in [0, 0.05) is 19.1 Å². The van der Waals surface area contributed by atoms with Gasteiger partial charge >= 0.3 is 0 Å². The zero-order chi connectivity index (χ0) is 11.6. The minimum Gasteiger partial charge on any atom is -0.341 e. The molecule has 1 saturated heterocycles. The lowest BCUT2D eigenvalue weighted by atomic mass is 10.0. The first kappa shape index (κ1) is 12.5. The van der Waals surface area contributed by atoms with E-state index in [-0.39, 0.29) is 5.91 Å². The van der Waals surface area contributed by atoms with Crippen LogP contribution in [0.5, 0.6) is 0 Å². The molecule has 1 N–H and O–H groups in total. The molecular weight excluding hydrogens is 188 g/mol. The third kappa shape index (κ3) is 3.20. The monoisotopic (exact) mass is 212 g/mol. The number of nitrogens with zero attached hydrogens (tertiary/aromatic N) is 1. The zero-order valence-corrected chi connectivity index (χ0v) is 10.6. The van der Waals surface area contributed by atoms with Crippen molar-refractivity contribution in [2.75, 3.05) is 13.1 Å². The maximum absolute atomic E-state index is 12.2. The Morgan fingerprint density at radius 1 is 1.53 bits per heavy atom. The van der Waals surface area contributed by atoms with Gasteiger partial charge in [-0.05, 0) is 33.1 Å². The molecule has 1 atom stereocenters. The van der Waals surface area contributed by atoms with Crippen molar-refractivity contribution in [1.82, 2.24) is 10.2 Å². The Hall–Kier alpha value is -0.570. The molecule has 1 unspecified atom stereocenters. The molecule has 15 heavy (non-hydrogen) atoms. The summed E-state index contributed by atoms with van der Waals surface area (Å²) in [6, 6.07) is 0.418. The summed E-state index contributed by atoms with van der Waals surface area (Å²) >= 11 is 0. The van der Waals surface area contributed by atoms with Crippen molar-refractivity contribution in [2.24, 2.45) is 5.92 Å². The number of amides is 1. The van der Waals surface area contributed by atoms with Gasteiger partial charge < -0.3 is 10.2 Å². The van der Waals surface area contributed by atoms with Gasteiger partial charge in [-0.2, -0.15) is 0 Å². The zero-order valence-electron chi connectivity index (χ0n) is 10.6. The second-order valence-electron chi connectivity index (χ2n) is 5.60. The normalized spacial score (nSPS) is 26.9. The molecule has 0 bridgehead atoms. The van der Waals surface area contributed by atoms with E-state index in [0.717, 1.165) is 19.5 Å². The SMILES string of the molecule is CC(C)CN1CCC(C)NC(C)(C)C1=O. The van der Waals surface area contributed by atoms with Crippen molar-refractivity contribution >= 4 is 5.91 Å². The summed E-state index contributed by atoms with van der Waals surface area (Å²) in [5.74, 6) is 0.777. The fourth-order valence-corrected chi connectivity index (χ4v) is 2.21. The molecule has 0 aromatic carbocycles. The Kier molecular flexibility index (Phi) is 3.77. The summed E-state index contributed by atoms with van der Waals surface area (Å²) in [4.78, 5) is 14.2. The van der Waals surface area contributed by atoms with Gasteiger partial charge in [-0.1, -0.05) is 13.8 Å². The molecule has 1 amide bonds. The smallest absolute Gasteiger partial charge is 0.242 e. The van der Waals surface area contributed by atoms with E-state index in [0.29, 0.717) is 12.0 Å². The molecule has 1 heterocycles. The first-order valence-electron chi connectivity index (χ1n) is 5.90. The van der Waals surface area contributed by atoms with E-state index in [4.69, 9.17) is 0 Å². The average molecular weight is 212 g/mol. The predicted octanol–water partition coefficient (Wildman–Crippen LogP) is 1.63. The highest BCUT2D eigenvalue weighted by Gasteiger charge is 2.35. The fraction of sp³-hybridized carbons (Fsp3) is 0.917. The molecule has 88 valence electrons. The topological polar surface area (TPSA) is 32.3 Å². The summed E-state index contributed by atoms with van der Waals surface area (Å²) in [7, 11) is 0. The molecule has 1 fully saturated rings. The van der Waals surface area contributed by atoms with Crippen molar-refractivity contribution in [3.8, 4) is 0 Å². The third-order valence-corrected chi connectivity index (χ3v) is 2.85. The second kappa shape index (κ2) is 4.52. The van der Waals surface area contributed by atoms with Crippen molar-refractivity contribution in [1.29, 1.82) is 0 Å². The van der Waals surface area contributed by atoms with Gasteiger partial charge in [0.05, 0.1) is 5.54 Å². The molecule has 0 aromatic heterocycles. The van der Waals surface area contributed by atoms with E-state index in [1.807, 2.05) is 18.7 Å². The van der Waals surface area contributed by atoms with Crippen molar-refractivity contribution in [2.45, 2.75) is 52.6 Å². The second-order valence-corrected chi connectivity index (χ2v) is 5.60. The van der Waals surface area contributed by atoms with E-state index >= 15 is 0 Å². The minimum absolute atomic E-state index is 0.237. The summed E-state index contributed by atoms with van der Waals surface area (Å²) in [5.41, 5.74) is -0.412. The van der Waals surface area contributed by atoms with Crippen LogP contribution in [0.25, 0.3) is 0 Å². The van der Waals surface area contributed by atoms with Crippen molar-refractivity contribution in [3.05, 3.63) is 0 Å². The molecular formula is C12H24N2O. The Labute approximate surface area is 93.2 Å². The molecule has 0 aromatic rings. The molecule has 3 nitrogen and oxygen atoms in total. The molecule has 0 saturated carbocycles. The number of carbonyl (C=O) groups excluding carboxylic acids is 1. The number of hydrogen-bond acceptors (Lipinski definition) is 2. The summed E-state index contributed by atoms with van der Waals surface area (Å²) in [6.45, 7) is 12.2. The van der Waals surface area contributed by atoms with E-state index in [9.17, 15) is 4.79 Å². The summed E-state index contributed by atoms with van der Waals surface area (Å²) < 4.78 is 0. The van der Waals surface area contributed by atoms with Crippen LogP contribution in [0.2, 0.25) is 0 Å². The van der Waals surface area contributed by atoms with Gasteiger partial charge in [-0.25, -0.2) is 0 Å². The molecule has 0 aliphatic carbocycles. The van der Waals surface area contributed by atoms with Crippen LogP contribution in [0.4, 0.5) is 0 Å². The van der Waals surface area contributed by atoms with E-state index in [1.165, 1.54) is 0 Å². The largest absolute Gasteiger partial charge is 0.341 e. The van der Waals surface area contributed by atoms with Crippen LogP contribution in [-0.4, -0.2) is 35.5 Å². The van der Waals surface area contributed by atoms with Crippen LogP contribution in [0.15, 0.2) is 0 Å². The number of carbonyl (C=O) groups is 1. The van der Waals surface area contributed by atoms with E-state index in [2.05, 4.69) is 26.1 Å². The lowest BCUT2D eigenvalue weighted by Gasteiger charge is -2.30. The lowest BCUT2D eigenvalue weighted by molar-refractivity contribution is -0.136. The molecule has 3 heteroatoms. The summed E-state index contributed by atoms with van der Waals surface area (Å²) in [5, 5.41) is 3.38. The number of rotatable bonds is 2. The van der Waals surface area contributed by atoms with Gasteiger partial charge in [0.25, 0.3) is 0 Å². The molecule has 1 aliphatic heterocycles. The van der Waals surface area contributed by atoms with Crippen LogP contribution in [0.1, 0.15) is 41.0 Å². The third-order valence-electron chi connectivity index (χ3n) is 2.85. The Morgan fingerprint density at radius 3 is 2.67 bits per heavy atom. The van der Waals surface area contributed by atoms with Crippen molar-refractivity contribution in [3.63, 3.8) is 0 Å². The number of hydrogen-bond donors (Lipinski definition) is 1. The first-order chi connectivity index (χ1) is 6.83. The summed E-state index contributed by atoms with van der Waals surface area (Å²) in [6.07, 6.45) is 1.04. The molecule has 0 radical (unpaired) electrons. The Balaban J connectivity index is 2.76. The van der Waals surface area contributed by atoms with Crippen molar-refractivity contribution < 1.29 is 4.79 Å². The van der Waals surface area contributed by atoms with Gasteiger partial charge in [0.2, 0.25) is 5.91 Å². The molecule has 1 rings (SSSR count). The number of nitrogens with one attached hydrogen (secondary N) is 1. The van der Waals surface area contributed by atoms with E-state index < -0.39 is 5.54 Å². The van der Waals surface area contributed by atoms with Crippen LogP contribution in [-0.2, 0) is 4.79 Å². The highest BCUT2D eigenvalue weighted by Crippen LogP contribution is 2.16. The minimum atomic E-state index is -0.412. The van der Waals surface area contributed by atoms with Gasteiger partial charge in [0.1, 0.15) is 0 Å². The van der Waals surface area contributed by atoms with Gasteiger partial charge in [-0.15, -0.1) is 0 Å². The quantitative estimate of drug-likeness (QED) is 0.754. The van der Waals surface area contributed by atoms with Crippen LogP contribution >= 0.6 is 0 Å². The maximum Gasteiger partial charge on any atom is 0.242 e. The Morgan fingerprint density at radius 2 is 2.13 bits per heavy atom. The molecule has 0 spiro atoms. The first-order valence-corrected chi connectivity index (χ1v) is 5.90. The van der Waals surface area contributed by atoms with Crippen LogP contribution < -0.4 is 5.32 Å². The van der Waals surface area contributed by atoms with Gasteiger partial charge in [0.15, 0.2) is 0 Å². The highest BCUT2D eigenvalue weighted by molar-refractivity contribution is 5.85. The highest BCUT2D eigenvalue weighted by atomic mass is 16.2. The van der Waals surface area contributed by atoms with Crippen LogP contribution in [0, 0.1) is 5.92 Å². The van der Waals surface area contributed by atoms with E-state index in [1.54, 1.807) is 0 Å². The standard InChI is InChI=1S/C12H24N2O/c1-9(2)8-14-7-6-10(3)13-12(4,5)11(14)15/h9-10,13H,6-8H2,1-5H3. The maximum atomic E-state index is 12.2. The lowest BCUT2D eigenvalue weighted by Crippen LogP contribution is -2.53. The molecule has 1 aliphatic rings.